The first-order chi connectivity index (χ1) is 9.11. The number of aliphatic imine (C=N–C) groups is 1. The quantitative estimate of drug-likeness (QED) is 0.762. The highest BCUT2D eigenvalue weighted by Gasteiger charge is 2.22. The lowest BCUT2D eigenvalue weighted by atomic mass is 9.94. The molecule has 1 N–H and O–H groups in total. The zero-order valence-corrected chi connectivity index (χ0v) is 13.3. The van der Waals surface area contributed by atoms with E-state index in [0.717, 1.165) is 12.0 Å². The number of allylic oxidation sites excluding steroid dienone is 1. The third-order valence-corrected chi connectivity index (χ3v) is 3.06. The molecule has 1 atom stereocenters. The Morgan fingerprint density at radius 3 is 2.55 bits per heavy atom. The molecule has 0 aromatic rings. The Labute approximate surface area is 121 Å². The molecule has 114 valence electrons. The van der Waals surface area contributed by atoms with E-state index in [1.165, 1.54) is 0 Å². The average Bonchev–Trinajstić information content (AvgIpc) is 2.61. The van der Waals surface area contributed by atoms with Crippen LogP contribution in [0.1, 0.15) is 53.9 Å². The van der Waals surface area contributed by atoms with Crippen molar-refractivity contribution in [1.82, 2.24) is 0 Å². The minimum atomic E-state index is -0.448. The molecule has 1 aliphatic heterocycles. The maximum atomic E-state index is 11.7. The molecule has 0 aliphatic carbocycles. The van der Waals surface area contributed by atoms with Crippen LogP contribution in [0.5, 0.6) is 0 Å². The van der Waals surface area contributed by atoms with E-state index in [2.05, 4.69) is 11.1 Å². The van der Waals surface area contributed by atoms with Crippen LogP contribution in [-0.4, -0.2) is 35.0 Å². The van der Waals surface area contributed by atoms with Gasteiger partial charge in [-0.05, 0) is 59.0 Å². The molecule has 0 amide bonds. The second-order valence-corrected chi connectivity index (χ2v) is 7.01. The molecule has 1 rings (SSSR count). The van der Waals surface area contributed by atoms with Crippen molar-refractivity contribution in [3.8, 4) is 0 Å². The van der Waals surface area contributed by atoms with Gasteiger partial charge < -0.3 is 9.84 Å². The van der Waals surface area contributed by atoms with E-state index in [1.54, 1.807) is 0 Å². The lowest BCUT2D eigenvalue weighted by Crippen LogP contribution is -2.24. The summed E-state index contributed by atoms with van der Waals surface area (Å²) >= 11 is 0. The maximum Gasteiger partial charge on any atom is 0.306 e. The summed E-state index contributed by atoms with van der Waals surface area (Å²) in [5, 5.41) is 9.44. The van der Waals surface area contributed by atoms with Crippen molar-refractivity contribution in [3.05, 3.63) is 11.6 Å². The van der Waals surface area contributed by atoms with E-state index >= 15 is 0 Å². The van der Waals surface area contributed by atoms with Crippen molar-refractivity contribution in [2.75, 3.05) is 6.61 Å². The summed E-state index contributed by atoms with van der Waals surface area (Å²) in [7, 11) is 0. The molecule has 0 aromatic carbocycles. The minimum absolute atomic E-state index is 0.0778. The van der Waals surface area contributed by atoms with Gasteiger partial charge in [-0.15, -0.1) is 0 Å². The number of aliphatic hydroxyl groups is 1. The first-order valence-electron chi connectivity index (χ1n) is 7.21. The standard InChI is InChI=1S/C16H27NO3/c1-15(2,3)20-14(19)7-6-12(11-18)8-13-9-16(4,5)17-10-13/h9-10,12,18H,6-8,11H2,1-5H3/t12-/m1/s1. The highest BCUT2D eigenvalue weighted by atomic mass is 16.6. The molecule has 0 spiro atoms. The van der Waals surface area contributed by atoms with Gasteiger partial charge in [-0.1, -0.05) is 6.08 Å². The predicted octanol–water partition coefficient (Wildman–Crippen LogP) is 2.90. The Morgan fingerprint density at radius 1 is 1.45 bits per heavy atom. The molecule has 0 saturated heterocycles. The van der Waals surface area contributed by atoms with Crippen molar-refractivity contribution in [2.24, 2.45) is 10.9 Å². The van der Waals surface area contributed by atoms with E-state index < -0.39 is 5.60 Å². The first kappa shape index (κ1) is 16.9. The minimum Gasteiger partial charge on any atom is -0.460 e. The maximum absolute atomic E-state index is 11.7. The lowest BCUT2D eigenvalue weighted by Gasteiger charge is -2.20. The van der Waals surface area contributed by atoms with Gasteiger partial charge in [-0.3, -0.25) is 9.79 Å². The third-order valence-electron chi connectivity index (χ3n) is 3.06. The molecule has 0 bridgehead atoms. The zero-order valence-electron chi connectivity index (χ0n) is 13.3. The summed E-state index contributed by atoms with van der Waals surface area (Å²) in [6.07, 6.45) is 5.72. The summed E-state index contributed by atoms with van der Waals surface area (Å²) in [6.45, 7) is 9.74. The second kappa shape index (κ2) is 6.53. The molecule has 0 aromatic heterocycles. The zero-order chi connectivity index (χ0) is 15.4. The van der Waals surface area contributed by atoms with Crippen molar-refractivity contribution >= 4 is 12.2 Å². The van der Waals surface area contributed by atoms with E-state index in [0.29, 0.717) is 12.8 Å². The van der Waals surface area contributed by atoms with Crippen LogP contribution in [-0.2, 0) is 9.53 Å². The Morgan fingerprint density at radius 2 is 2.10 bits per heavy atom. The van der Waals surface area contributed by atoms with Gasteiger partial charge in [0.25, 0.3) is 0 Å². The largest absolute Gasteiger partial charge is 0.460 e. The summed E-state index contributed by atoms with van der Waals surface area (Å²) in [6, 6.07) is 0. The number of aliphatic hydroxyl groups excluding tert-OH is 1. The van der Waals surface area contributed by atoms with Crippen molar-refractivity contribution in [3.63, 3.8) is 0 Å². The van der Waals surface area contributed by atoms with Gasteiger partial charge in [0.05, 0.1) is 5.54 Å². The summed E-state index contributed by atoms with van der Waals surface area (Å²) < 4.78 is 5.27. The number of rotatable bonds is 6. The van der Waals surface area contributed by atoms with Crippen LogP contribution in [0, 0.1) is 5.92 Å². The number of carbonyl (C=O) groups is 1. The van der Waals surface area contributed by atoms with Crippen LogP contribution < -0.4 is 0 Å². The second-order valence-electron chi connectivity index (χ2n) is 7.01. The number of hydrogen-bond donors (Lipinski definition) is 1. The van der Waals surface area contributed by atoms with E-state index in [9.17, 15) is 9.90 Å². The lowest BCUT2D eigenvalue weighted by molar-refractivity contribution is -0.155. The van der Waals surface area contributed by atoms with Crippen LogP contribution in [0.4, 0.5) is 0 Å². The molecule has 1 heterocycles. The number of nitrogens with zero attached hydrogens (tertiary/aromatic N) is 1. The monoisotopic (exact) mass is 281 g/mol. The normalized spacial score (nSPS) is 18.8. The van der Waals surface area contributed by atoms with E-state index in [4.69, 9.17) is 4.74 Å². The molecule has 1 aliphatic rings. The van der Waals surface area contributed by atoms with Crippen LogP contribution >= 0.6 is 0 Å². The molecule has 0 unspecified atom stereocenters. The molecule has 0 saturated carbocycles. The molecule has 4 nitrogen and oxygen atoms in total. The van der Waals surface area contributed by atoms with E-state index in [1.807, 2.05) is 40.8 Å². The van der Waals surface area contributed by atoms with Crippen LogP contribution in [0.3, 0.4) is 0 Å². The van der Waals surface area contributed by atoms with Gasteiger partial charge in [0.2, 0.25) is 0 Å². The Balaban J connectivity index is 2.41. The van der Waals surface area contributed by atoms with Crippen LogP contribution in [0.25, 0.3) is 0 Å². The molecular formula is C16H27NO3. The third kappa shape index (κ3) is 6.33. The van der Waals surface area contributed by atoms with Crippen LogP contribution in [0.15, 0.2) is 16.6 Å². The summed E-state index contributed by atoms with van der Waals surface area (Å²) in [5.74, 6) is -0.125. The molecule has 0 fully saturated rings. The van der Waals surface area contributed by atoms with Crippen molar-refractivity contribution < 1.29 is 14.6 Å². The SMILES string of the molecule is CC1(C)C=C(C[C@H](CO)CCC(=O)OC(C)(C)C)C=N1. The van der Waals surface area contributed by atoms with Crippen molar-refractivity contribution in [2.45, 2.75) is 65.0 Å². The van der Waals surface area contributed by atoms with Gasteiger partial charge in [-0.25, -0.2) is 0 Å². The van der Waals surface area contributed by atoms with Crippen LogP contribution in [0.2, 0.25) is 0 Å². The molecular weight excluding hydrogens is 254 g/mol. The topological polar surface area (TPSA) is 58.9 Å². The fourth-order valence-corrected chi connectivity index (χ4v) is 2.19. The van der Waals surface area contributed by atoms with Gasteiger partial charge in [-0.2, -0.15) is 0 Å². The summed E-state index contributed by atoms with van der Waals surface area (Å²) in [4.78, 5) is 16.1. The molecule has 20 heavy (non-hydrogen) atoms. The highest BCUT2D eigenvalue weighted by molar-refractivity contribution is 5.82. The van der Waals surface area contributed by atoms with Gasteiger partial charge >= 0.3 is 5.97 Å². The van der Waals surface area contributed by atoms with E-state index in [-0.39, 0.29) is 24.0 Å². The Bertz CT molecular complexity index is 402. The number of hydrogen-bond acceptors (Lipinski definition) is 4. The molecule has 0 radical (unpaired) electrons. The Hall–Kier alpha value is -1.16. The van der Waals surface area contributed by atoms with Crippen molar-refractivity contribution in [1.29, 1.82) is 0 Å². The number of ether oxygens (including phenoxy) is 1. The fraction of sp³-hybridized carbons (Fsp3) is 0.750. The van der Waals surface area contributed by atoms with Gasteiger partial charge in [0, 0.05) is 19.2 Å². The average molecular weight is 281 g/mol. The number of esters is 1. The summed E-state index contributed by atoms with van der Waals surface area (Å²) in [5.41, 5.74) is 0.551. The predicted molar refractivity (Wildman–Crippen MR) is 80.9 cm³/mol. The Kier molecular flexibility index (Phi) is 5.51. The first-order valence-corrected chi connectivity index (χ1v) is 7.21. The smallest absolute Gasteiger partial charge is 0.306 e. The highest BCUT2D eigenvalue weighted by Crippen LogP contribution is 2.25. The van der Waals surface area contributed by atoms with Gasteiger partial charge in [0.15, 0.2) is 0 Å². The number of carbonyl (C=O) groups excluding carboxylic acids is 1. The van der Waals surface area contributed by atoms with Gasteiger partial charge in [0.1, 0.15) is 5.60 Å². The fourth-order valence-electron chi connectivity index (χ4n) is 2.19. The molecule has 4 heteroatoms.